The van der Waals surface area contributed by atoms with E-state index in [1.807, 2.05) is 0 Å². The number of carbonyl (C=O) groups is 1. The van der Waals surface area contributed by atoms with Crippen molar-refractivity contribution >= 4 is 33.5 Å². The highest BCUT2D eigenvalue weighted by Crippen LogP contribution is 2.63. The third kappa shape index (κ3) is 2.41. The quantitative estimate of drug-likeness (QED) is 0.575. The average molecular weight is 434 g/mol. The number of cyclic esters (lactones) is 1. The van der Waals surface area contributed by atoms with Crippen LogP contribution in [-0.4, -0.2) is 12.1 Å². The van der Waals surface area contributed by atoms with Crippen molar-refractivity contribution in [3.8, 4) is 0 Å². The highest BCUT2D eigenvalue weighted by molar-refractivity contribution is 9.10. The van der Waals surface area contributed by atoms with E-state index in [0.29, 0.717) is 9.50 Å². The zero-order valence-electron chi connectivity index (χ0n) is 13.0. The Balaban J connectivity index is 2.29. The minimum atomic E-state index is -4.79. The largest absolute Gasteiger partial charge is 0.442 e. The van der Waals surface area contributed by atoms with Crippen LogP contribution < -0.4 is 0 Å². The number of benzene rings is 2. The number of alkyl halides is 3. The Kier molecular flexibility index (Phi) is 4.40. The van der Waals surface area contributed by atoms with Crippen molar-refractivity contribution in [3.63, 3.8) is 0 Å². The van der Waals surface area contributed by atoms with E-state index in [2.05, 4.69) is 15.9 Å². The Morgan fingerprint density at radius 3 is 2.00 bits per heavy atom. The lowest BCUT2D eigenvalue weighted by Gasteiger charge is -2.56. The van der Waals surface area contributed by atoms with Gasteiger partial charge in [-0.15, -0.1) is 0 Å². The molecule has 0 radical (unpaired) electrons. The summed E-state index contributed by atoms with van der Waals surface area (Å²) in [5, 5.41) is 0.303. The SMILES string of the molecule is CC[C@@]1(c2ccc(Br)cc2)C(=O)O[C@]1(c1ccc(Cl)cc1)C(F)(F)F. The molecule has 132 valence electrons. The zero-order chi connectivity index (χ0) is 18.5. The van der Waals surface area contributed by atoms with Crippen LogP contribution in [0.15, 0.2) is 53.0 Å². The first kappa shape index (κ1) is 18.3. The molecule has 1 aliphatic heterocycles. The number of esters is 1. The van der Waals surface area contributed by atoms with E-state index in [0.717, 1.165) is 0 Å². The van der Waals surface area contributed by atoms with Gasteiger partial charge in [-0.05, 0) is 36.2 Å². The summed E-state index contributed by atoms with van der Waals surface area (Å²) in [6.07, 6.45) is -4.85. The highest BCUT2D eigenvalue weighted by atomic mass is 79.9. The molecule has 0 saturated carbocycles. The van der Waals surface area contributed by atoms with Crippen molar-refractivity contribution in [2.24, 2.45) is 0 Å². The molecule has 7 heteroatoms. The molecule has 0 aliphatic carbocycles. The molecule has 1 aliphatic rings. The molecule has 2 aromatic rings. The molecule has 2 atom stereocenters. The summed E-state index contributed by atoms with van der Waals surface area (Å²) in [6.45, 7) is 1.55. The molecule has 0 aromatic heterocycles. The molecule has 0 bridgehead atoms. The van der Waals surface area contributed by atoms with Crippen LogP contribution >= 0.6 is 27.5 Å². The normalized spacial score (nSPS) is 26.1. The van der Waals surface area contributed by atoms with E-state index < -0.39 is 23.2 Å². The van der Waals surface area contributed by atoms with Crippen molar-refractivity contribution in [2.75, 3.05) is 0 Å². The second-order valence-corrected chi connectivity index (χ2v) is 7.19. The molecule has 25 heavy (non-hydrogen) atoms. The smallest absolute Gasteiger partial charge is 0.434 e. The van der Waals surface area contributed by atoms with E-state index in [4.69, 9.17) is 16.3 Å². The molecule has 0 spiro atoms. The van der Waals surface area contributed by atoms with Crippen LogP contribution in [0.1, 0.15) is 24.5 Å². The minimum absolute atomic E-state index is 0.0599. The molecule has 1 fully saturated rings. The van der Waals surface area contributed by atoms with E-state index in [1.54, 1.807) is 19.1 Å². The Morgan fingerprint density at radius 1 is 1.04 bits per heavy atom. The van der Waals surface area contributed by atoms with Crippen LogP contribution in [0.4, 0.5) is 13.2 Å². The number of hydrogen-bond acceptors (Lipinski definition) is 2. The summed E-state index contributed by atoms with van der Waals surface area (Å²) in [5.74, 6) is -0.885. The van der Waals surface area contributed by atoms with Gasteiger partial charge in [0.05, 0.1) is 0 Å². The first-order chi connectivity index (χ1) is 11.7. The summed E-state index contributed by atoms with van der Waals surface area (Å²) in [5.41, 5.74) is -4.47. The van der Waals surface area contributed by atoms with E-state index in [1.165, 1.54) is 36.4 Å². The molecule has 3 rings (SSSR count). The summed E-state index contributed by atoms with van der Waals surface area (Å²) in [4.78, 5) is 12.4. The second-order valence-electron chi connectivity index (χ2n) is 5.84. The van der Waals surface area contributed by atoms with Gasteiger partial charge in [0, 0.05) is 15.1 Å². The van der Waals surface area contributed by atoms with Gasteiger partial charge >= 0.3 is 12.1 Å². The monoisotopic (exact) mass is 432 g/mol. The van der Waals surface area contributed by atoms with Crippen molar-refractivity contribution < 1.29 is 22.7 Å². The van der Waals surface area contributed by atoms with Gasteiger partial charge in [-0.25, -0.2) is 0 Å². The van der Waals surface area contributed by atoms with E-state index in [9.17, 15) is 18.0 Å². The predicted octanol–water partition coefficient (Wildman–Crippen LogP) is 5.76. The molecule has 1 saturated heterocycles. The van der Waals surface area contributed by atoms with E-state index >= 15 is 0 Å². The fourth-order valence-corrected chi connectivity index (χ4v) is 3.91. The van der Waals surface area contributed by atoms with Gasteiger partial charge in [-0.3, -0.25) is 4.79 Å². The Morgan fingerprint density at radius 2 is 1.56 bits per heavy atom. The number of ether oxygens (including phenoxy) is 1. The van der Waals surface area contributed by atoms with Crippen molar-refractivity contribution in [2.45, 2.75) is 30.5 Å². The second kappa shape index (κ2) is 6.02. The lowest BCUT2D eigenvalue weighted by molar-refractivity contribution is -0.341. The summed E-state index contributed by atoms with van der Waals surface area (Å²) in [7, 11) is 0. The molecular weight excluding hydrogens is 421 g/mol. The van der Waals surface area contributed by atoms with Gasteiger partial charge < -0.3 is 4.74 Å². The minimum Gasteiger partial charge on any atom is -0.442 e. The van der Waals surface area contributed by atoms with Crippen LogP contribution in [0.25, 0.3) is 0 Å². The standard InChI is InChI=1S/C18H13BrClF3O2/c1-2-16(11-3-7-13(19)8-4-11)15(24)25-17(16,18(21,22)23)12-5-9-14(20)10-6-12/h3-10H,2H2,1H3/t16-,17+/m1/s1. The highest BCUT2D eigenvalue weighted by Gasteiger charge is 2.81. The van der Waals surface area contributed by atoms with Gasteiger partial charge in [0.25, 0.3) is 5.60 Å². The maximum absolute atomic E-state index is 14.2. The van der Waals surface area contributed by atoms with Crippen molar-refractivity contribution in [1.82, 2.24) is 0 Å². The fourth-order valence-electron chi connectivity index (χ4n) is 3.52. The number of hydrogen-bond donors (Lipinski definition) is 0. The Bertz CT molecular complexity index is 805. The average Bonchev–Trinajstić information content (AvgIpc) is 2.55. The lowest BCUT2D eigenvalue weighted by Crippen LogP contribution is -2.73. The van der Waals surface area contributed by atoms with Crippen LogP contribution in [0.3, 0.4) is 0 Å². The summed E-state index contributed by atoms with van der Waals surface area (Å²) in [6, 6.07) is 11.5. The fraction of sp³-hybridized carbons (Fsp3) is 0.278. The Hall–Kier alpha value is -1.53. The van der Waals surface area contributed by atoms with Crippen molar-refractivity contribution in [1.29, 1.82) is 0 Å². The Labute approximate surface area is 156 Å². The van der Waals surface area contributed by atoms with Crippen LogP contribution in [0, 0.1) is 0 Å². The maximum atomic E-state index is 14.2. The van der Waals surface area contributed by atoms with Crippen LogP contribution in [0.2, 0.25) is 5.02 Å². The van der Waals surface area contributed by atoms with Crippen molar-refractivity contribution in [3.05, 3.63) is 69.2 Å². The topological polar surface area (TPSA) is 26.3 Å². The molecule has 0 amide bonds. The summed E-state index contributed by atoms with van der Waals surface area (Å²) < 4.78 is 48.3. The third-order valence-corrected chi connectivity index (χ3v) is 5.49. The molecular formula is C18H13BrClF3O2. The maximum Gasteiger partial charge on any atom is 0.434 e. The van der Waals surface area contributed by atoms with Gasteiger partial charge in [-0.2, -0.15) is 13.2 Å². The molecule has 0 unspecified atom stereocenters. The number of carbonyl (C=O) groups excluding carboxylic acids is 1. The molecule has 2 aromatic carbocycles. The first-order valence-corrected chi connectivity index (χ1v) is 8.68. The molecule has 0 N–H and O–H groups in total. The molecule has 2 nitrogen and oxygen atoms in total. The first-order valence-electron chi connectivity index (χ1n) is 7.51. The van der Waals surface area contributed by atoms with Crippen LogP contribution in [-0.2, 0) is 20.5 Å². The molecule has 1 heterocycles. The van der Waals surface area contributed by atoms with Gasteiger partial charge in [0.1, 0.15) is 5.41 Å². The number of rotatable bonds is 3. The van der Waals surface area contributed by atoms with Gasteiger partial charge in [0.15, 0.2) is 0 Å². The van der Waals surface area contributed by atoms with Crippen LogP contribution in [0.5, 0.6) is 0 Å². The summed E-state index contributed by atoms with van der Waals surface area (Å²) >= 11 is 9.07. The number of halogens is 5. The lowest BCUT2D eigenvalue weighted by atomic mass is 9.58. The third-order valence-electron chi connectivity index (χ3n) is 4.71. The van der Waals surface area contributed by atoms with Gasteiger partial charge in [0.2, 0.25) is 0 Å². The van der Waals surface area contributed by atoms with Gasteiger partial charge in [-0.1, -0.05) is 58.7 Å². The van der Waals surface area contributed by atoms with E-state index in [-0.39, 0.29) is 17.5 Å². The zero-order valence-corrected chi connectivity index (χ0v) is 15.4. The predicted molar refractivity (Wildman–Crippen MR) is 91.4 cm³/mol.